The monoisotopic (exact) mass is 440 g/mol. The van der Waals surface area contributed by atoms with Gasteiger partial charge in [0.1, 0.15) is 0 Å². The minimum absolute atomic E-state index is 0.00924. The number of esters is 1. The van der Waals surface area contributed by atoms with Crippen molar-refractivity contribution in [3.63, 3.8) is 0 Å². The predicted octanol–water partition coefficient (Wildman–Crippen LogP) is 5.28. The van der Waals surface area contributed by atoms with Crippen LogP contribution < -0.4 is 0 Å². The molecular weight excluding hydrogens is 404 g/mol. The second kappa shape index (κ2) is 9.39. The first kappa shape index (κ1) is 25.9. The van der Waals surface area contributed by atoms with E-state index in [-0.39, 0.29) is 18.0 Å². The number of carbonyl (C=O) groups excluding carboxylic acids is 1. The van der Waals surface area contributed by atoms with Gasteiger partial charge in [0.25, 0.3) is 0 Å². The molecule has 0 radical (unpaired) electrons. The lowest BCUT2D eigenvalue weighted by Crippen LogP contribution is -2.60. The topological polar surface area (TPSA) is 54.0 Å². The zero-order chi connectivity index (χ0) is 21.0. The fourth-order valence-corrected chi connectivity index (χ4v) is 16.8. The summed E-state index contributed by atoms with van der Waals surface area (Å²) >= 11 is 0. The van der Waals surface area contributed by atoms with Crippen molar-refractivity contribution in [2.24, 2.45) is 0 Å². The van der Waals surface area contributed by atoms with Crippen molar-refractivity contribution in [3.05, 3.63) is 12.2 Å². The fourth-order valence-electron chi connectivity index (χ4n) is 2.18. The molecule has 0 aromatic rings. The summed E-state index contributed by atoms with van der Waals surface area (Å²) in [5.41, 5.74) is 0.172. The summed E-state index contributed by atoms with van der Waals surface area (Å²) in [5, 5.41) is 0. The molecule has 0 aromatic carbocycles. The molecule has 1 atom stereocenters. The molecular formula is C16H37FO5Si4. The molecule has 154 valence electrons. The maximum absolute atomic E-state index is 14.2. The van der Waals surface area contributed by atoms with E-state index in [1.807, 2.05) is 0 Å². The summed E-state index contributed by atoms with van der Waals surface area (Å²) in [4.78, 5) is 11.5. The molecule has 0 saturated carbocycles. The largest absolute Gasteiger partial charge is 0.469 e. The molecule has 0 rings (SSSR count). The van der Waals surface area contributed by atoms with Gasteiger partial charge in [0, 0.05) is 18.0 Å². The third kappa shape index (κ3) is 12.3. The van der Waals surface area contributed by atoms with Crippen LogP contribution in [0.2, 0.25) is 65.0 Å². The van der Waals surface area contributed by atoms with E-state index in [9.17, 15) is 9.18 Å². The van der Waals surface area contributed by atoms with E-state index < -0.39 is 46.1 Å². The Hall–Kier alpha value is -0.112. The summed E-state index contributed by atoms with van der Waals surface area (Å²) in [6.07, 6.45) is -1.74. The van der Waals surface area contributed by atoms with Gasteiger partial charge in [-0.25, -0.2) is 9.18 Å². The van der Waals surface area contributed by atoms with Crippen LogP contribution in [0.5, 0.6) is 0 Å². The highest BCUT2D eigenvalue weighted by Gasteiger charge is 2.50. The van der Waals surface area contributed by atoms with Crippen LogP contribution in [0.1, 0.15) is 13.3 Å². The molecule has 0 N–H and O–H groups in total. The van der Waals surface area contributed by atoms with Crippen LogP contribution in [0.25, 0.3) is 0 Å². The second-order valence-electron chi connectivity index (χ2n) is 9.46. The van der Waals surface area contributed by atoms with Gasteiger partial charge in [0.05, 0.1) is 0 Å². The number of hydrogen-bond acceptors (Lipinski definition) is 5. The number of hydrogen-bond donors (Lipinski definition) is 0. The van der Waals surface area contributed by atoms with E-state index in [4.69, 9.17) is 17.1 Å². The van der Waals surface area contributed by atoms with E-state index in [2.05, 4.69) is 65.5 Å². The quantitative estimate of drug-likeness (QED) is 0.248. The molecule has 1 unspecified atom stereocenters. The third-order valence-corrected chi connectivity index (χ3v) is 14.6. The zero-order valence-corrected chi connectivity index (χ0v) is 22.1. The van der Waals surface area contributed by atoms with Gasteiger partial charge in [-0.2, -0.15) is 0 Å². The maximum atomic E-state index is 14.2. The number of rotatable bonds is 11. The summed E-state index contributed by atoms with van der Waals surface area (Å²) in [7, 11) is -9.12. The van der Waals surface area contributed by atoms with Crippen molar-refractivity contribution in [2.45, 2.75) is 84.7 Å². The average Bonchev–Trinajstić information content (AvgIpc) is 2.29. The summed E-state index contributed by atoms with van der Waals surface area (Å²) < 4.78 is 38.4. The Morgan fingerprint density at radius 2 is 1.23 bits per heavy atom. The lowest BCUT2D eigenvalue weighted by Gasteiger charge is -2.43. The Morgan fingerprint density at radius 1 is 0.885 bits per heavy atom. The lowest BCUT2D eigenvalue weighted by atomic mass is 10.4. The lowest BCUT2D eigenvalue weighted by molar-refractivity contribution is -0.153. The highest BCUT2D eigenvalue weighted by molar-refractivity contribution is 6.90. The molecule has 10 heteroatoms. The van der Waals surface area contributed by atoms with Gasteiger partial charge in [0.2, 0.25) is 6.36 Å². The van der Waals surface area contributed by atoms with E-state index in [1.54, 1.807) is 0 Å². The van der Waals surface area contributed by atoms with Gasteiger partial charge in [-0.1, -0.05) is 6.58 Å². The van der Waals surface area contributed by atoms with Gasteiger partial charge in [0.15, 0.2) is 25.0 Å². The van der Waals surface area contributed by atoms with Crippen LogP contribution in [-0.2, 0) is 21.9 Å². The first-order chi connectivity index (χ1) is 11.3. The van der Waals surface area contributed by atoms with Gasteiger partial charge in [-0.15, -0.1) is 0 Å². The minimum atomic E-state index is -3.11. The first-order valence-corrected chi connectivity index (χ1v) is 21.1. The number of ether oxygens (including phenoxy) is 1. The van der Waals surface area contributed by atoms with Crippen LogP contribution in [0.4, 0.5) is 4.39 Å². The van der Waals surface area contributed by atoms with Gasteiger partial charge in [-0.05, 0) is 65.8 Å². The van der Waals surface area contributed by atoms with Crippen LogP contribution in [-0.4, -0.2) is 46.1 Å². The van der Waals surface area contributed by atoms with E-state index in [1.165, 1.54) is 6.92 Å². The zero-order valence-electron chi connectivity index (χ0n) is 18.1. The highest BCUT2D eigenvalue weighted by atomic mass is 28.5. The second-order valence-corrected chi connectivity index (χ2v) is 26.5. The molecule has 0 bridgehead atoms. The van der Waals surface area contributed by atoms with Crippen LogP contribution in [0.15, 0.2) is 12.2 Å². The standard InChI is InChI=1S/C16H37FO5Si4/c1-14(2)16(18)19-15(17)12-13-26(20-23(3,4)5,21-24(6,7)8)22-25(9,10)11/h15H,1,12-13H2,2-11H3. The fraction of sp³-hybridized carbons (Fsp3) is 0.812. The third-order valence-electron chi connectivity index (χ3n) is 2.65. The van der Waals surface area contributed by atoms with Crippen LogP contribution in [0, 0.1) is 0 Å². The number of alkyl halides is 1. The molecule has 0 heterocycles. The number of carbonyl (C=O) groups is 1. The highest BCUT2D eigenvalue weighted by Crippen LogP contribution is 2.31. The summed E-state index contributed by atoms with van der Waals surface area (Å²) in [6, 6.07) is 0.288. The van der Waals surface area contributed by atoms with E-state index in [0.29, 0.717) is 0 Å². The maximum Gasteiger partial charge on any atom is 0.469 e. The molecule has 0 spiro atoms. The first-order valence-electron chi connectivity index (χ1n) is 8.95. The Balaban J connectivity index is 5.50. The van der Waals surface area contributed by atoms with Crippen molar-refractivity contribution in [2.75, 3.05) is 0 Å². The average molecular weight is 441 g/mol. The van der Waals surface area contributed by atoms with Crippen LogP contribution >= 0.6 is 0 Å². The Bertz CT molecular complexity index is 454. The minimum Gasteiger partial charge on any atom is -0.428 e. The Morgan fingerprint density at radius 3 is 1.50 bits per heavy atom. The van der Waals surface area contributed by atoms with Crippen molar-refractivity contribution in [3.8, 4) is 0 Å². The van der Waals surface area contributed by atoms with Gasteiger partial charge >= 0.3 is 14.8 Å². The van der Waals surface area contributed by atoms with Gasteiger partial charge in [-0.3, -0.25) is 0 Å². The molecule has 0 fully saturated rings. The molecule has 0 amide bonds. The van der Waals surface area contributed by atoms with E-state index >= 15 is 0 Å². The molecule has 0 saturated heterocycles. The van der Waals surface area contributed by atoms with Crippen molar-refractivity contribution >= 4 is 39.7 Å². The van der Waals surface area contributed by atoms with Gasteiger partial charge < -0.3 is 17.1 Å². The predicted molar refractivity (Wildman–Crippen MR) is 114 cm³/mol. The Kier molecular flexibility index (Phi) is 9.35. The summed E-state index contributed by atoms with van der Waals surface area (Å²) in [6.45, 7) is 23.6. The van der Waals surface area contributed by atoms with Crippen LogP contribution in [0.3, 0.4) is 0 Å². The smallest absolute Gasteiger partial charge is 0.428 e. The molecule has 0 aliphatic rings. The van der Waals surface area contributed by atoms with Crippen molar-refractivity contribution in [1.29, 1.82) is 0 Å². The van der Waals surface area contributed by atoms with E-state index in [0.717, 1.165) is 0 Å². The number of halogens is 1. The Labute approximate surface area is 163 Å². The molecule has 26 heavy (non-hydrogen) atoms. The molecule has 0 aliphatic carbocycles. The van der Waals surface area contributed by atoms with Crippen molar-refractivity contribution < 1.29 is 26.3 Å². The molecule has 0 aromatic heterocycles. The molecule has 5 nitrogen and oxygen atoms in total. The van der Waals surface area contributed by atoms with Crippen molar-refractivity contribution in [1.82, 2.24) is 0 Å². The molecule has 0 aliphatic heterocycles. The summed E-state index contributed by atoms with van der Waals surface area (Å²) in [5.74, 6) is -0.729. The SMILES string of the molecule is C=C(C)C(=O)OC(F)CC[Si](O[Si](C)(C)C)(O[Si](C)(C)C)O[Si](C)(C)C. The normalized spacial score (nSPS) is 14.9.